The Labute approximate surface area is 184 Å². The van der Waals surface area contributed by atoms with Crippen molar-refractivity contribution in [2.24, 2.45) is 0 Å². The van der Waals surface area contributed by atoms with Crippen LogP contribution in [0.5, 0.6) is 11.5 Å². The molecule has 0 bridgehead atoms. The molecule has 0 aromatic heterocycles. The van der Waals surface area contributed by atoms with Gasteiger partial charge < -0.3 is 9.47 Å². The van der Waals surface area contributed by atoms with Crippen LogP contribution in [0.2, 0.25) is 10.0 Å². The van der Waals surface area contributed by atoms with Crippen molar-refractivity contribution in [2.45, 2.75) is 13.1 Å². The zero-order valence-corrected chi connectivity index (χ0v) is 17.4. The van der Waals surface area contributed by atoms with Crippen LogP contribution in [-0.2, 0) is 13.1 Å². The second kappa shape index (κ2) is 7.80. The normalized spacial score (nSPS) is 16.7. The Bertz CT molecular complexity index is 1170. The summed E-state index contributed by atoms with van der Waals surface area (Å²) >= 11 is 12.2. The average molecular weight is 438 g/mol. The van der Waals surface area contributed by atoms with Crippen molar-refractivity contribution in [3.8, 4) is 11.5 Å². The van der Waals surface area contributed by atoms with Gasteiger partial charge in [-0.2, -0.15) is 0 Å². The molecule has 2 aliphatic rings. The number of carbonyl (C=O) groups is 1. The highest BCUT2D eigenvalue weighted by Crippen LogP contribution is 2.42. The topological polar surface area (TPSA) is 38.8 Å². The van der Waals surface area contributed by atoms with Gasteiger partial charge >= 0.3 is 0 Å². The predicted octanol–water partition coefficient (Wildman–Crippen LogP) is 5.96. The van der Waals surface area contributed by atoms with Crippen molar-refractivity contribution >= 4 is 35.1 Å². The number of fused-ring (bicyclic) bond motifs is 3. The number of rotatable bonds is 3. The van der Waals surface area contributed by atoms with Gasteiger partial charge in [-0.25, -0.2) is 0 Å². The van der Waals surface area contributed by atoms with E-state index in [-0.39, 0.29) is 11.5 Å². The second-order valence-corrected chi connectivity index (χ2v) is 8.11. The fourth-order valence-corrected chi connectivity index (χ4v) is 4.00. The minimum Gasteiger partial charge on any atom is -0.478 e. The SMILES string of the molecule is O=C1/C(=C/c2ccccc2Cl)Oc2c1ccc1c2CN(Cc2ccc(Cl)cc2)CO1. The van der Waals surface area contributed by atoms with Crippen LogP contribution in [0, 0.1) is 0 Å². The van der Waals surface area contributed by atoms with Crippen LogP contribution < -0.4 is 9.47 Å². The first kappa shape index (κ1) is 19.2. The van der Waals surface area contributed by atoms with Crippen LogP contribution in [0.4, 0.5) is 0 Å². The third-order valence-corrected chi connectivity index (χ3v) is 5.79. The van der Waals surface area contributed by atoms with Crippen LogP contribution >= 0.6 is 23.2 Å². The Morgan fingerprint density at radius 3 is 2.60 bits per heavy atom. The smallest absolute Gasteiger partial charge is 0.231 e. The molecular formula is C24H17Cl2NO3. The summed E-state index contributed by atoms with van der Waals surface area (Å²) in [5.41, 5.74) is 3.30. The molecule has 5 rings (SSSR count). The molecule has 0 saturated carbocycles. The van der Waals surface area contributed by atoms with Crippen molar-refractivity contribution in [3.63, 3.8) is 0 Å². The number of nitrogens with zero attached hydrogens (tertiary/aromatic N) is 1. The lowest BCUT2D eigenvalue weighted by atomic mass is 10.0. The molecule has 3 aromatic rings. The highest BCUT2D eigenvalue weighted by Gasteiger charge is 2.33. The maximum Gasteiger partial charge on any atom is 0.231 e. The zero-order chi connectivity index (χ0) is 20.7. The summed E-state index contributed by atoms with van der Waals surface area (Å²) in [4.78, 5) is 15.0. The van der Waals surface area contributed by atoms with Gasteiger partial charge in [-0.05, 0) is 47.5 Å². The monoisotopic (exact) mass is 437 g/mol. The fraction of sp³-hybridized carbons (Fsp3) is 0.125. The number of hydrogen-bond donors (Lipinski definition) is 0. The van der Waals surface area contributed by atoms with E-state index < -0.39 is 0 Å². The van der Waals surface area contributed by atoms with Gasteiger partial charge in [0.25, 0.3) is 0 Å². The number of Topliss-reactive ketones (excluding diaryl/α,β-unsaturated/α-hetero) is 1. The Morgan fingerprint density at radius 2 is 1.80 bits per heavy atom. The molecule has 0 unspecified atom stereocenters. The molecule has 0 amide bonds. The number of ketones is 1. The number of hydrogen-bond acceptors (Lipinski definition) is 4. The first-order chi connectivity index (χ1) is 14.6. The molecule has 6 heteroatoms. The average Bonchev–Trinajstić information content (AvgIpc) is 3.07. The van der Waals surface area contributed by atoms with E-state index in [1.54, 1.807) is 18.2 Å². The first-order valence-electron chi connectivity index (χ1n) is 9.53. The molecule has 0 radical (unpaired) electrons. The molecule has 2 heterocycles. The predicted molar refractivity (Wildman–Crippen MR) is 117 cm³/mol. The van der Waals surface area contributed by atoms with Gasteiger partial charge in [-0.15, -0.1) is 0 Å². The standard InChI is InChI=1S/C24H17Cl2NO3/c25-17-7-5-15(6-8-17)12-27-13-19-21(29-14-27)10-9-18-23(28)22(30-24(18)19)11-16-3-1-2-4-20(16)26/h1-11H,12-14H2/b22-11-. The number of ether oxygens (including phenoxy) is 2. The molecule has 150 valence electrons. The summed E-state index contributed by atoms with van der Waals surface area (Å²) in [5.74, 6) is 1.42. The largest absolute Gasteiger partial charge is 0.478 e. The maximum atomic E-state index is 12.9. The molecule has 0 spiro atoms. The fourth-order valence-electron chi connectivity index (χ4n) is 3.69. The number of carbonyl (C=O) groups excluding carboxylic acids is 1. The third kappa shape index (κ3) is 3.58. The molecule has 0 saturated heterocycles. The zero-order valence-electron chi connectivity index (χ0n) is 15.9. The van der Waals surface area contributed by atoms with E-state index in [4.69, 9.17) is 32.7 Å². The molecule has 0 atom stereocenters. The van der Waals surface area contributed by atoms with Crippen molar-refractivity contribution < 1.29 is 14.3 Å². The first-order valence-corrected chi connectivity index (χ1v) is 10.3. The molecule has 0 N–H and O–H groups in total. The van der Waals surface area contributed by atoms with Gasteiger partial charge in [0.15, 0.2) is 5.76 Å². The lowest BCUT2D eigenvalue weighted by Gasteiger charge is -2.29. The summed E-state index contributed by atoms with van der Waals surface area (Å²) in [6.45, 7) is 1.79. The summed E-state index contributed by atoms with van der Waals surface area (Å²) in [7, 11) is 0. The van der Waals surface area contributed by atoms with E-state index in [1.807, 2.05) is 48.5 Å². The van der Waals surface area contributed by atoms with Crippen LogP contribution in [0.15, 0.2) is 66.4 Å². The summed E-state index contributed by atoms with van der Waals surface area (Å²) in [6.07, 6.45) is 1.69. The molecule has 4 nitrogen and oxygen atoms in total. The molecule has 0 aliphatic carbocycles. The second-order valence-electron chi connectivity index (χ2n) is 7.27. The molecule has 3 aromatic carbocycles. The minimum atomic E-state index is -0.150. The van der Waals surface area contributed by atoms with E-state index in [0.29, 0.717) is 41.2 Å². The van der Waals surface area contributed by atoms with E-state index in [1.165, 1.54) is 0 Å². The van der Waals surface area contributed by atoms with E-state index in [0.717, 1.165) is 22.4 Å². The van der Waals surface area contributed by atoms with Crippen LogP contribution in [-0.4, -0.2) is 17.4 Å². The number of benzene rings is 3. The Balaban J connectivity index is 1.43. The number of allylic oxidation sites excluding steroid dienone is 1. The maximum absolute atomic E-state index is 12.9. The summed E-state index contributed by atoms with van der Waals surface area (Å²) < 4.78 is 12.0. The van der Waals surface area contributed by atoms with Gasteiger partial charge in [0.2, 0.25) is 5.78 Å². The molecule has 30 heavy (non-hydrogen) atoms. The van der Waals surface area contributed by atoms with Crippen molar-refractivity contribution in [1.82, 2.24) is 4.90 Å². The van der Waals surface area contributed by atoms with E-state index in [9.17, 15) is 4.79 Å². The van der Waals surface area contributed by atoms with Gasteiger partial charge in [0.05, 0.1) is 11.1 Å². The van der Waals surface area contributed by atoms with Crippen LogP contribution in [0.3, 0.4) is 0 Å². The lowest BCUT2D eigenvalue weighted by molar-refractivity contribution is 0.0873. The lowest BCUT2D eigenvalue weighted by Crippen LogP contribution is -2.31. The highest BCUT2D eigenvalue weighted by atomic mass is 35.5. The van der Waals surface area contributed by atoms with Crippen LogP contribution in [0.1, 0.15) is 27.0 Å². The molecule has 0 fully saturated rings. The van der Waals surface area contributed by atoms with Crippen molar-refractivity contribution in [3.05, 3.63) is 98.7 Å². The van der Waals surface area contributed by atoms with E-state index in [2.05, 4.69) is 4.90 Å². The number of halogens is 2. The van der Waals surface area contributed by atoms with E-state index >= 15 is 0 Å². The van der Waals surface area contributed by atoms with Crippen LogP contribution in [0.25, 0.3) is 6.08 Å². The quantitative estimate of drug-likeness (QED) is 0.473. The van der Waals surface area contributed by atoms with Gasteiger partial charge in [0, 0.05) is 23.1 Å². The summed E-state index contributed by atoms with van der Waals surface area (Å²) in [5, 5.41) is 1.28. The van der Waals surface area contributed by atoms with Crippen molar-refractivity contribution in [2.75, 3.05) is 6.73 Å². The van der Waals surface area contributed by atoms with Crippen molar-refractivity contribution in [1.29, 1.82) is 0 Å². The van der Waals surface area contributed by atoms with Gasteiger partial charge in [0.1, 0.15) is 18.2 Å². The highest BCUT2D eigenvalue weighted by molar-refractivity contribution is 6.32. The molecule has 2 aliphatic heterocycles. The third-order valence-electron chi connectivity index (χ3n) is 5.19. The Hall–Kier alpha value is -2.79. The summed E-state index contributed by atoms with van der Waals surface area (Å²) in [6, 6.07) is 18.7. The van der Waals surface area contributed by atoms with Gasteiger partial charge in [-0.1, -0.05) is 53.5 Å². The Morgan fingerprint density at radius 1 is 1.00 bits per heavy atom. The van der Waals surface area contributed by atoms with Gasteiger partial charge in [-0.3, -0.25) is 9.69 Å². The Kier molecular flexibility index (Phi) is 4.99. The minimum absolute atomic E-state index is 0.150. The molecular weight excluding hydrogens is 421 g/mol.